The van der Waals surface area contributed by atoms with Gasteiger partial charge in [0, 0.05) is 18.6 Å². The molecule has 74 valence electrons. The van der Waals surface area contributed by atoms with Gasteiger partial charge in [0.1, 0.15) is 0 Å². The van der Waals surface area contributed by atoms with E-state index in [1.165, 1.54) is 44.3 Å². The second-order valence-corrected chi connectivity index (χ2v) is 4.77. The minimum absolute atomic E-state index is 0.649. The van der Waals surface area contributed by atoms with Crippen LogP contribution in [0, 0.1) is 0 Å². The first kappa shape index (κ1) is 8.49. The molecule has 1 nitrogen and oxygen atoms in total. The van der Waals surface area contributed by atoms with Gasteiger partial charge in [-0.25, -0.2) is 0 Å². The molecule has 1 spiro atoms. The Labute approximate surface area is 85.7 Å². The molecular weight excluding hydrogens is 170 g/mol. The van der Waals surface area contributed by atoms with E-state index in [0.29, 0.717) is 5.54 Å². The van der Waals surface area contributed by atoms with E-state index in [1.54, 1.807) is 0 Å². The Kier molecular flexibility index (Phi) is 1.88. The molecule has 3 rings (SSSR count). The van der Waals surface area contributed by atoms with E-state index in [0.717, 1.165) is 0 Å². The summed E-state index contributed by atoms with van der Waals surface area (Å²) in [5, 5.41) is 0. The van der Waals surface area contributed by atoms with Gasteiger partial charge in [-0.2, -0.15) is 0 Å². The van der Waals surface area contributed by atoms with Crippen LogP contribution in [-0.4, -0.2) is 17.0 Å². The monoisotopic (exact) mass is 187 g/mol. The van der Waals surface area contributed by atoms with E-state index in [1.807, 2.05) is 0 Å². The molecule has 1 aromatic rings. The Morgan fingerprint density at radius 2 is 1.79 bits per heavy atom. The third kappa shape index (κ3) is 1.36. The van der Waals surface area contributed by atoms with Crippen LogP contribution in [0.4, 0.5) is 0 Å². The molecule has 0 N–H and O–H groups in total. The van der Waals surface area contributed by atoms with Crippen molar-refractivity contribution < 1.29 is 0 Å². The van der Waals surface area contributed by atoms with E-state index in [2.05, 4.69) is 35.2 Å². The highest BCUT2D eigenvalue weighted by molar-refractivity contribution is 5.19. The summed E-state index contributed by atoms with van der Waals surface area (Å²) in [6.45, 7) is 2.52. The summed E-state index contributed by atoms with van der Waals surface area (Å²) in [5.74, 6) is 0. The van der Waals surface area contributed by atoms with E-state index in [4.69, 9.17) is 0 Å². The lowest BCUT2D eigenvalue weighted by atomic mass is 10.1. The second kappa shape index (κ2) is 3.09. The minimum atomic E-state index is 0.649. The Morgan fingerprint density at radius 3 is 2.50 bits per heavy atom. The molecule has 0 bridgehead atoms. The van der Waals surface area contributed by atoms with Crippen LogP contribution in [0.5, 0.6) is 0 Å². The number of rotatable bonds is 2. The highest BCUT2D eigenvalue weighted by atomic mass is 15.4. The molecule has 2 aliphatic rings. The first-order valence-electron chi connectivity index (χ1n) is 5.68. The van der Waals surface area contributed by atoms with Crippen molar-refractivity contribution in [2.75, 3.05) is 6.54 Å². The first-order valence-corrected chi connectivity index (χ1v) is 5.68. The van der Waals surface area contributed by atoms with E-state index < -0.39 is 0 Å². The Hall–Kier alpha value is -0.820. The zero-order valence-corrected chi connectivity index (χ0v) is 8.58. The lowest BCUT2D eigenvalue weighted by Crippen LogP contribution is -2.13. The summed E-state index contributed by atoms with van der Waals surface area (Å²) in [6.07, 6.45) is 5.79. The van der Waals surface area contributed by atoms with Gasteiger partial charge < -0.3 is 0 Å². The minimum Gasteiger partial charge on any atom is -0.290 e. The van der Waals surface area contributed by atoms with Crippen molar-refractivity contribution in [2.45, 2.75) is 37.8 Å². The predicted octanol–water partition coefficient (Wildman–Crippen LogP) is 2.82. The quantitative estimate of drug-likeness (QED) is 0.643. The average molecular weight is 187 g/mol. The molecule has 1 aromatic carbocycles. The van der Waals surface area contributed by atoms with Gasteiger partial charge in [-0.05, 0) is 18.4 Å². The molecule has 0 radical (unpaired) electrons. The molecule has 1 atom stereocenters. The van der Waals surface area contributed by atoms with Crippen molar-refractivity contribution >= 4 is 0 Å². The van der Waals surface area contributed by atoms with Crippen LogP contribution in [-0.2, 0) is 6.54 Å². The maximum atomic E-state index is 2.65. The van der Waals surface area contributed by atoms with Gasteiger partial charge in [0.2, 0.25) is 0 Å². The summed E-state index contributed by atoms with van der Waals surface area (Å²) in [7, 11) is 0. The summed E-state index contributed by atoms with van der Waals surface area (Å²) in [4.78, 5) is 2.65. The first-order chi connectivity index (χ1) is 6.89. The van der Waals surface area contributed by atoms with Crippen molar-refractivity contribution in [1.82, 2.24) is 4.90 Å². The standard InChI is InChI=1S/C13H17N/c1-2-6-12(7-3-1)10-14-11-13(14)8-4-5-9-13/h1-3,6-7H,4-5,8-11H2. The molecule has 1 heteroatoms. The maximum Gasteiger partial charge on any atom is 0.0341 e. The molecule has 1 aliphatic carbocycles. The molecule has 1 saturated carbocycles. The predicted molar refractivity (Wildman–Crippen MR) is 58.1 cm³/mol. The van der Waals surface area contributed by atoms with Crippen molar-refractivity contribution in [3.05, 3.63) is 35.9 Å². The zero-order chi connectivity index (χ0) is 9.43. The second-order valence-electron chi connectivity index (χ2n) is 4.77. The molecule has 2 fully saturated rings. The van der Waals surface area contributed by atoms with Crippen molar-refractivity contribution in [2.24, 2.45) is 0 Å². The van der Waals surface area contributed by atoms with Gasteiger partial charge in [0.15, 0.2) is 0 Å². The fourth-order valence-corrected chi connectivity index (χ4v) is 2.85. The van der Waals surface area contributed by atoms with Gasteiger partial charge in [0.25, 0.3) is 0 Å². The van der Waals surface area contributed by atoms with Crippen LogP contribution < -0.4 is 0 Å². The lowest BCUT2D eigenvalue weighted by molar-refractivity contribution is 0.403. The highest BCUT2D eigenvalue weighted by Crippen LogP contribution is 2.47. The highest BCUT2D eigenvalue weighted by Gasteiger charge is 2.52. The summed E-state index contributed by atoms with van der Waals surface area (Å²) >= 11 is 0. The summed E-state index contributed by atoms with van der Waals surface area (Å²) in [5.41, 5.74) is 2.12. The van der Waals surface area contributed by atoms with Gasteiger partial charge in [-0.3, -0.25) is 4.90 Å². The zero-order valence-electron chi connectivity index (χ0n) is 8.58. The molecule has 1 heterocycles. The molecule has 0 aromatic heterocycles. The van der Waals surface area contributed by atoms with E-state index in [9.17, 15) is 0 Å². The fraction of sp³-hybridized carbons (Fsp3) is 0.538. The summed E-state index contributed by atoms with van der Waals surface area (Å²) < 4.78 is 0. The van der Waals surface area contributed by atoms with Gasteiger partial charge >= 0.3 is 0 Å². The largest absolute Gasteiger partial charge is 0.290 e. The summed E-state index contributed by atoms with van der Waals surface area (Å²) in [6, 6.07) is 10.8. The van der Waals surface area contributed by atoms with Gasteiger partial charge in [0.05, 0.1) is 0 Å². The Morgan fingerprint density at radius 1 is 1.07 bits per heavy atom. The van der Waals surface area contributed by atoms with Crippen LogP contribution in [0.25, 0.3) is 0 Å². The van der Waals surface area contributed by atoms with Crippen molar-refractivity contribution in [3.63, 3.8) is 0 Å². The normalized spacial score (nSPS) is 28.1. The Balaban J connectivity index is 1.65. The van der Waals surface area contributed by atoms with Crippen LogP contribution in [0.1, 0.15) is 31.2 Å². The van der Waals surface area contributed by atoms with Gasteiger partial charge in [-0.1, -0.05) is 43.2 Å². The molecule has 14 heavy (non-hydrogen) atoms. The van der Waals surface area contributed by atoms with Crippen molar-refractivity contribution in [3.8, 4) is 0 Å². The number of benzene rings is 1. The molecule has 0 amide bonds. The Bertz CT molecular complexity index is 311. The van der Waals surface area contributed by atoms with Gasteiger partial charge in [-0.15, -0.1) is 0 Å². The lowest BCUT2D eigenvalue weighted by Gasteiger charge is -2.09. The molecule has 1 aliphatic heterocycles. The smallest absolute Gasteiger partial charge is 0.0341 e. The van der Waals surface area contributed by atoms with Crippen LogP contribution in [0.15, 0.2) is 30.3 Å². The number of hydrogen-bond acceptors (Lipinski definition) is 1. The number of nitrogens with zero attached hydrogens (tertiary/aromatic N) is 1. The van der Waals surface area contributed by atoms with Crippen LogP contribution in [0.3, 0.4) is 0 Å². The van der Waals surface area contributed by atoms with Crippen LogP contribution in [0.2, 0.25) is 0 Å². The van der Waals surface area contributed by atoms with Crippen LogP contribution >= 0.6 is 0 Å². The third-order valence-corrected chi connectivity index (χ3v) is 3.80. The third-order valence-electron chi connectivity index (χ3n) is 3.80. The number of hydrogen-bond donors (Lipinski definition) is 0. The molecule has 1 unspecified atom stereocenters. The molecular formula is C13H17N. The topological polar surface area (TPSA) is 3.01 Å². The molecule has 1 saturated heterocycles. The fourth-order valence-electron chi connectivity index (χ4n) is 2.85. The SMILES string of the molecule is c1ccc(CN2CC23CCCC3)cc1. The maximum absolute atomic E-state index is 2.65. The van der Waals surface area contributed by atoms with Crippen molar-refractivity contribution in [1.29, 1.82) is 0 Å². The average Bonchev–Trinajstić information content (AvgIpc) is 2.67. The van der Waals surface area contributed by atoms with E-state index >= 15 is 0 Å². The van der Waals surface area contributed by atoms with E-state index in [-0.39, 0.29) is 0 Å².